The van der Waals surface area contributed by atoms with Crippen LogP contribution < -0.4 is 28.4 Å². The van der Waals surface area contributed by atoms with Gasteiger partial charge in [-0.05, 0) is 78.8 Å². The number of carbonyl (C=O) groups is 1. The smallest absolute Gasteiger partial charge is 0.145 e. The molecule has 1 fully saturated rings. The molecule has 2 heterocycles. The molecule has 0 unspecified atom stereocenters. The fourth-order valence-electron chi connectivity index (χ4n) is 5.80. The average molecular weight is 776 g/mol. The van der Waals surface area contributed by atoms with Gasteiger partial charge in [0, 0.05) is 30.5 Å². The monoisotopic (exact) mass is 775 g/mol. The number of hydrogen-bond acceptors (Lipinski definition) is 13. The van der Waals surface area contributed by atoms with Gasteiger partial charge in [0.05, 0.1) is 79.3 Å². The Labute approximate surface area is 329 Å². The number of benzene rings is 3. The van der Waals surface area contributed by atoms with E-state index in [4.69, 9.17) is 56.8 Å². The molecule has 13 heteroatoms. The van der Waals surface area contributed by atoms with Crippen LogP contribution >= 0.6 is 0 Å². The van der Waals surface area contributed by atoms with Crippen molar-refractivity contribution in [2.24, 2.45) is 0 Å². The van der Waals surface area contributed by atoms with Crippen molar-refractivity contribution in [2.45, 2.75) is 19.6 Å². The van der Waals surface area contributed by atoms with Crippen LogP contribution in [0.1, 0.15) is 16.7 Å². The van der Waals surface area contributed by atoms with Gasteiger partial charge in [-0.3, -0.25) is 4.79 Å². The van der Waals surface area contributed by atoms with Crippen LogP contribution in [-0.2, 0) is 52.9 Å². The highest BCUT2D eigenvalue weighted by atomic mass is 16.6. The summed E-state index contributed by atoms with van der Waals surface area (Å²) < 4.78 is 71.1. The summed E-state index contributed by atoms with van der Waals surface area (Å²) in [5, 5.41) is 0. The Morgan fingerprint density at radius 3 is 1.02 bits per heavy atom. The van der Waals surface area contributed by atoms with E-state index >= 15 is 0 Å². The van der Waals surface area contributed by atoms with Gasteiger partial charge in [-0.25, -0.2) is 0 Å². The van der Waals surface area contributed by atoms with E-state index in [0.717, 1.165) is 16.7 Å². The van der Waals surface area contributed by atoms with E-state index < -0.39 is 0 Å². The molecule has 0 aromatic heterocycles. The summed E-state index contributed by atoms with van der Waals surface area (Å²) in [6.45, 7) is 6.68. The minimum absolute atomic E-state index is 0.00525. The number of rotatable bonds is 3. The Morgan fingerprint density at radius 1 is 0.375 bits per heavy atom. The highest BCUT2D eigenvalue weighted by molar-refractivity contribution is 5.98. The van der Waals surface area contributed by atoms with Crippen molar-refractivity contribution >= 4 is 5.78 Å². The van der Waals surface area contributed by atoms with Gasteiger partial charge in [0.15, 0.2) is 0 Å². The van der Waals surface area contributed by atoms with Crippen LogP contribution in [0.4, 0.5) is 0 Å². The summed E-state index contributed by atoms with van der Waals surface area (Å²) in [5.74, 6) is 4.15. The molecule has 3 aromatic carbocycles. The first-order valence-electron chi connectivity index (χ1n) is 19.1. The average Bonchev–Trinajstić information content (AvgIpc) is 3.75. The van der Waals surface area contributed by atoms with E-state index in [1.165, 1.54) is 0 Å². The molecule has 0 spiro atoms. The summed E-state index contributed by atoms with van der Waals surface area (Å²) in [7, 11) is 0. The lowest BCUT2D eigenvalue weighted by Crippen LogP contribution is -2.15. The molecule has 3 aromatic rings. The van der Waals surface area contributed by atoms with E-state index in [1.807, 2.05) is 80.3 Å². The van der Waals surface area contributed by atoms with Crippen molar-refractivity contribution in [1.29, 1.82) is 0 Å². The summed E-state index contributed by atoms with van der Waals surface area (Å²) in [5.41, 5.74) is 2.39. The zero-order chi connectivity index (χ0) is 38.5. The Bertz CT molecular complexity index is 1440. The molecule has 301 valence electrons. The van der Waals surface area contributed by atoms with Gasteiger partial charge in [-0.2, -0.15) is 0 Å². The number of ketones is 1. The van der Waals surface area contributed by atoms with E-state index in [0.29, 0.717) is 146 Å². The fraction of sp³-hybridized carbons (Fsp3) is 0.442. The minimum atomic E-state index is -0.00525. The molecule has 0 atom stereocenters. The minimum Gasteiger partial charge on any atom is -0.491 e. The maximum atomic E-state index is 13.2. The van der Waals surface area contributed by atoms with Crippen molar-refractivity contribution in [3.8, 4) is 34.5 Å². The van der Waals surface area contributed by atoms with Crippen molar-refractivity contribution < 1.29 is 61.6 Å². The maximum absolute atomic E-state index is 13.2. The fourth-order valence-corrected chi connectivity index (χ4v) is 5.80. The van der Waals surface area contributed by atoms with Gasteiger partial charge in [-0.1, -0.05) is 0 Å². The van der Waals surface area contributed by atoms with Gasteiger partial charge < -0.3 is 56.8 Å². The molecule has 1 aliphatic carbocycles. The van der Waals surface area contributed by atoms with Crippen LogP contribution in [0.25, 0.3) is 0 Å². The van der Waals surface area contributed by atoms with Gasteiger partial charge in [-0.15, -0.1) is 0 Å². The topological polar surface area (TPSA) is 128 Å². The summed E-state index contributed by atoms with van der Waals surface area (Å²) in [6, 6.07) is 16.8. The van der Waals surface area contributed by atoms with Gasteiger partial charge in [0.1, 0.15) is 79.9 Å². The second kappa shape index (κ2) is 23.8. The maximum Gasteiger partial charge on any atom is 0.145 e. The normalized spacial score (nSPS) is 19.4. The SMILES string of the molecule is O=C(Cc1cc2cc(c1)OCc1cc3cc(c1)OCCOCCOCCOCCOc1cc(cc(c1)OCCOCCOCCOCCO3)CO2)[C]1[CH][CH][CH][CH]1. The Morgan fingerprint density at radius 2 is 0.679 bits per heavy atom. The van der Waals surface area contributed by atoms with Crippen molar-refractivity contribution in [3.63, 3.8) is 0 Å². The van der Waals surface area contributed by atoms with Crippen molar-refractivity contribution in [3.05, 3.63) is 103 Å². The molecule has 0 amide bonds. The molecule has 0 N–H and O–H groups in total. The van der Waals surface area contributed by atoms with E-state index in [2.05, 4.69) is 0 Å². The third-order valence-electron chi connectivity index (χ3n) is 8.45. The summed E-state index contributed by atoms with van der Waals surface area (Å²) >= 11 is 0. The Balaban J connectivity index is 1.26. The highest BCUT2D eigenvalue weighted by Crippen LogP contribution is 2.31. The van der Waals surface area contributed by atoms with Crippen molar-refractivity contribution in [2.75, 3.05) is 106 Å². The molecular weight excluding hydrogens is 724 g/mol. The van der Waals surface area contributed by atoms with E-state index in [-0.39, 0.29) is 25.4 Å². The zero-order valence-corrected chi connectivity index (χ0v) is 31.7. The first kappa shape index (κ1) is 41.5. The predicted octanol–water partition coefficient (Wildman–Crippen LogP) is 5.00. The molecule has 1 saturated carbocycles. The lowest BCUT2D eigenvalue weighted by Gasteiger charge is -2.16. The number of fused-ring (bicyclic) bond motifs is 6. The quantitative estimate of drug-likeness (QED) is 0.355. The number of carbonyl (C=O) groups excluding carboxylic acids is 1. The van der Waals surface area contributed by atoms with Crippen LogP contribution in [0.15, 0.2) is 54.6 Å². The Hall–Kier alpha value is -4.11. The molecule has 3 aliphatic rings. The molecule has 2 aliphatic heterocycles. The molecule has 0 saturated heterocycles. The lowest BCUT2D eigenvalue weighted by atomic mass is 9.96. The van der Waals surface area contributed by atoms with Crippen LogP contribution in [0, 0.1) is 31.6 Å². The first-order valence-corrected chi connectivity index (χ1v) is 19.1. The molecule has 5 radical (unpaired) electrons. The van der Waals surface area contributed by atoms with Crippen LogP contribution in [0.3, 0.4) is 0 Å². The molecule has 8 bridgehead atoms. The summed E-state index contributed by atoms with van der Waals surface area (Å²) in [4.78, 5) is 13.2. The largest absolute Gasteiger partial charge is 0.491 e. The van der Waals surface area contributed by atoms with Gasteiger partial charge >= 0.3 is 0 Å². The molecular formula is C43H51O13. The number of Topliss-reactive ketones (excluding diaryl/α,β-unsaturated/α-hetero) is 1. The lowest BCUT2D eigenvalue weighted by molar-refractivity contribution is -0.116. The number of ether oxygens (including phenoxy) is 12. The first-order chi connectivity index (χ1) is 27.7. The predicted molar refractivity (Wildman–Crippen MR) is 204 cm³/mol. The second-order valence-corrected chi connectivity index (χ2v) is 12.9. The number of hydrogen-bond donors (Lipinski definition) is 0. The molecule has 13 nitrogen and oxygen atoms in total. The van der Waals surface area contributed by atoms with Gasteiger partial charge in [0.2, 0.25) is 0 Å². The second-order valence-electron chi connectivity index (χ2n) is 12.9. The van der Waals surface area contributed by atoms with E-state index in [9.17, 15) is 4.79 Å². The third-order valence-corrected chi connectivity index (χ3v) is 8.45. The highest BCUT2D eigenvalue weighted by Gasteiger charge is 2.25. The van der Waals surface area contributed by atoms with E-state index in [1.54, 1.807) is 0 Å². The van der Waals surface area contributed by atoms with Gasteiger partial charge in [0.25, 0.3) is 0 Å². The molecule has 6 rings (SSSR count). The standard InChI is InChI=1S/C43H51O13/c44-43(36-3-1-2-4-36)27-33-21-41-30-42(22-33)56-32-35-25-39-29-40(26-35)54-20-16-50-12-8-46-7-11-49-15-19-53-38-24-34(31-55-41)23-37(28-38)51-17-13-47-9-5-45-6-10-48-14-18-52-39/h1-4,21-26,28-30H,5-20,27,31-32H2. The third kappa shape index (κ3) is 15.1. The Kier molecular flexibility index (Phi) is 17.7. The van der Waals surface area contributed by atoms with Crippen LogP contribution in [-0.4, -0.2) is 111 Å². The summed E-state index contributed by atoms with van der Waals surface area (Å²) in [6.07, 6.45) is 7.51. The zero-order valence-electron chi connectivity index (χ0n) is 31.7. The van der Waals surface area contributed by atoms with Crippen molar-refractivity contribution in [1.82, 2.24) is 0 Å². The van der Waals surface area contributed by atoms with Crippen LogP contribution in [0.2, 0.25) is 0 Å². The molecule has 56 heavy (non-hydrogen) atoms. The van der Waals surface area contributed by atoms with Crippen LogP contribution in [0.5, 0.6) is 34.5 Å².